The molecule has 0 saturated heterocycles. The minimum absolute atomic E-state index is 0. The van der Waals surface area contributed by atoms with Crippen LogP contribution in [0.1, 0.15) is 29.8 Å². The molecule has 0 fully saturated rings. The van der Waals surface area contributed by atoms with Crippen molar-refractivity contribution in [3.05, 3.63) is 35.4 Å². The van der Waals surface area contributed by atoms with Gasteiger partial charge in [0.2, 0.25) is 0 Å². The van der Waals surface area contributed by atoms with E-state index in [2.05, 4.69) is 27.2 Å². The van der Waals surface area contributed by atoms with E-state index in [9.17, 15) is 4.79 Å². The van der Waals surface area contributed by atoms with Gasteiger partial charge in [-0.25, -0.2) is 4.99 Å². The van der Waals surface area contributed by atoms with Gasteiger partial charge in [-0.15, -0.1) is 24.0 Å². The van der Waals surface area contributed by atoms with Gasteiger partial charge in [-0.05, 0) is 37.8 Å². The summed E-state index contributed by atoms with van der Waals surface area (Å²) in [5.74, 6) is 1.83. The molecule has 1 aromatic rings. The van der Waals surface area contributed by atoms with Crippen molar-refractivity contribution in [1.82, 2.24) is 16.0 Å². The first kappa shape index (κ1) is 22.0. The van der Waals surface area contributed by atoms with Crippen molar-refractivity contribution in [3.63, 3.8) is 0 Å². The summed E-state index contributed by atoms with van der Waals surface area (Å²) in [6.07, 6.45) is 2.09. The van der Waals surface area contributed by atoms with Gasteiger partial charge in [0.15, 0.2) is 5.96 Å². The zero-order chi connectivity index (χ0) is 16.2. The number of nitrogens with zero attached hydrogens (tertiary/aromatic N) is 1. The summed E-state index contributed by atoms with van der Waals surface area (Å²) < 4.78 is 0. The molecule has 0 unspecified atom stereocenters. The van der Waals surface area contributed by atoms with Crippen molar-refractivity contribution in [3.8, 4) is 0 Å². The molecule has 23 heavy (non-hydrogen) atoms. The van der Waals surface area contributed by atoms with E-state index in [-0.39, 0.29) is 29.9 Å². The third kappa shape index (κ3) is 9.04. The number of rotatable bonds is 8. The predicted molar refractivity (Wildman–Crippen MR) is 111 cm³/mol. The van der Waals surface area contributed by atoms with E-state index in [1.54, 1.807) is 11.8 Å². The first-order valence-electron chi connectivity index (χ1n) is 7.59. The first-order chi connectivity index (χ1) is 10.7. The van der Waals surface area contributed by atoms with E-state index in [1.165, 1.54) is 0 Å². The molecule has 0 radical (unpaired) electrons. The van der Waals surface area contributed by atoms with Crippen molar-refractivity contribution in [1.29, 1.82) is 0 Å². The van der Waals surface area contributed by atoms with Crippen molar-refractivity contribution >= 4 is 47.6 Å². The Morgan fingerprint density at radius 2 is 1.74 bits per heavy atom. The smallest absolute Gasteiger partial charge is 0.251 e. The number of nitrogens with one attached hydrogen (secondary N) is 3. The lowest BCUT2D eigenvalue weighted by molar-refractivity contribution is 0.0956. The monoisotopic (exact) mass is 450 g/mol. The van der Waals surface area contributed by atoms with E-state index in [0.717, 1.165) is 30.4 Å². The highest BCUT2D eigenvalue weighted by molar-refractivity contribution is 14.0. The predicted octanol–water partition coefficient (Wildman–Crippen LogP) is 2.47. The maximum absolute atomic E-state index is 11.7. The maximum Gasteiger partial charge on any atom is 0.251 e. The van der Waals surface area contributed by atoms with Crippen LogP contribution in [0, 0.1) is 0 Å². The number of aliphatic imine (C=N–C) groups is 1. The fourth-order valence-electron chi connectivity index (χ4n) is 1.81. The van der Waals surface area contributed by atoms with Crippen LogP contribution in [0.25, 0.3) is 0 Å². The molecule has 130 valence electrons. The molecule has 0 bridgehead atoms. The SMILES string of the molecule is CCNC(=O)c1ccc(CN=C(NCC)NCCSC)cc1.I. The van der Waals surface area contributed by atoms with Crippen molar-refractivity contribution < 1.29 is 4.79 Å². The zero-order valence-corrected chi connectivity index (χ0v) is 17.2. The Labute approximate surface area is 160 Å². The van der Waals surface area contributed by atoms with Crippen LogP contribution in [0.4, 0.5) is 0 Å². The Morgan fingerprint density at radius 3 is 2.30 bits per heavy atom. The molecule has 3 N–H and O–H groups in total. The Balaban J connectivity index is 0.00000484. The molecule has 1 rings (SSSR count). The molecule has 0 heterocycles. The van der Waals surface area contributed by atoms with Crippen LogP contribution in [0.5, 0.6) is 0 Å². The van der Waals surface area contributed by atoms with Crippen LogP contribution in [0.3, 0.4) is 0 Å². The normalized spacial score (nSPS) is 10.7. The number of carbonyl (C=O) groups is 1. The summed E-state index contributed by atoms with van der Waals surface area (Å²) >= 11 is 1.80. The van der Waals surface area contributed by atoms with Crippen LogP contribution in [-0.2, 0) is 6.54 Å². The van der Waals surface area contributed by atoms with Crippen LogP contribution >= 0.6 is 35.7 Å². The molecule has 0 aliphatic heterocycles. The van der Waals surface area contributed by atoms with E-state index in [4.69, 9.17) is 0 Å². The van der Waals surface area contributed by atoms with Gasteiger partial charge in [-0.1, -0.05) is 12.1 Å². The number of hydrogen-bond acceptors (Lipinski definition) is 3. The van der Waals surface area contributed by atoms with Gasteiger partial charge in [0.05, 0.1) is 6.54 Å². The summed E-state index contributed by atoms with van der Waals surface area (Å²) in [7, 11) is 0. The first-order valence-corrected chi connectivity index (χ1v) is 8.98. The van der Waals surface area contributed by atoms with Gasteiger partial charge >= 0.3 is 0 Å². The Bertz CT molecular complexity index is 479. The average Bonchev–Trinajstić information content (AvgIpc) is 2.53. The van der Waals surface area contributed by atoms with Crippen molar-refractivity contribution in [2.45, 2.75) is 20.4 Å². The van der Waals surface area contributed by atoms with Crippen LogP contribution in [0.15, 0.2) is 29.3 Å². The molecule has 1 amide bonds. The minimum Gasteiger partial charge on any atom is -0.357 e. The fraction of sp³-hybridized carbons (Fsp3) is 0.500. The number of benzene rings is 1. The lowest BCUT2D eigenvalue weighted by Crippen LogP contribution is -2.38. The zero-order valence-electron chi connectivity index (χ0n) is 14.0. The minimum atomic E-state index is -0.0374. The second-order valence-corrected chi connectivity index (χ2v) is 5.66. The highest BCUT2D eigenvalue weighted by Crippen LogP contribution is 2.05. The number of carbonyl (C=O) groups excluding carboxylic acids is 1. The molecule has 0 aromatic heterocycles. The summed E-state index contributed by atoms with van der Waals surface area (Å²) in [5, 5.41) is 9.30. The number of thioether (sulfide) groups is 1. The molecular formula is C16H27IN4OS. The molecule has 5 nitrogen and oxygen atoms in total. The molecule has 0 atom stereocenters. The van der Waals surface area contributed by atoms with Crippen LogP contribution in [-0.4, -0.2) is 43.5 Å². The molecule has 7 heteroatoms. The van der Waals surface area contributed by atoms with Gasteiger partial charge in [0.25, 0.3) is 5.91 Å². The third-order valence-corrected chi connectivity index (χ3v) is 3.53. The third-order valence-electron chi connectivity index (χ3n) is 2.92. The summed E-state index contributed by atoms with van der Waals surface area (Å²) in [5.41, 5.74) is 1.76. The van der Waals surface area contributed by atoms with Crippen LogP contribution in [0.2, 0.25) is 0 Å². The van der Waals surface area contributed by atoms with E-state index < -0.39 is 0 Å². The molecule has 0 aliphatic rings. The Hall–Kier alpha value is -0.960. The molecule has 0 aliphatic carbocycles. The fourth-order valence-corrected chi connectivity index (χ4v) is 2.11. The van der Waals surface area contributed by atoms with Gasteiger partial charge in [0, 0.05) is 31.0 Å². The van der Waals surface area contributed by atoms with Crippen molar-refractivity contribution in [2.24, 2.45) is 4.99 Å². The van der Waals surface area contributed by atoms with E-state index in [1.807, 2.05) is 38.1 Å². The number of guanidine groups is 1. The summed E-state index contributed by atoms with van der Waals surface area (Å²) in [4.78, 5) is 16.2. The molecule has 1 aromatic carbocycles. The lowest BCUT2D eigenvalue weighted by Gasteiger charge is -2.10. The topological polar surface area (TPSA) is 65.5 Å². The Kier molecular flexibility index (Phi) is 12.9. The second-order valence-electron chi connectivity index (χ2n) is 4.67. The molecule has 0 saturated carbocycles. The standard InChI is InChI=1S/C16H26N4OS.HI/c1-4-17-15(21)14-8-6-13(7-9-14)12-20-16(18-5-2)19-10-11-22-3;/h6-9H,4-5,10-12H2,1-3H3,(H,17,21)(H2,18,19,20);1H. The van der Waals surface area contributed by atoms with E-state index in [0.29, 0.717) is 18.7 Å². The highest BCUT2D eigenvalue weighted by Gasteiger charge is 2.03. The molecular weight excluding hydrogens is 423 g/mol. The maximum atomic E-state index is 11.7. The summed E-state index contributed by atoms with van der Waals surface area (Å²) in [6, 6.07) is 7.56. The average molecular weight is 450 g/mol. The summed E-state index contributed by atoms with van der Waals surface area (Å²) in [6.45, 7) is 6.91. The largest absolute Gasteiger partial charge is 0.357 e. The number of amides is 1. The van der Waals surface area contributed by atoms with Gasteiger partial charge in [-0.2, -0.15) is 11.8 Å². The molecule has 0 spiro atoms. The van der Waals surface area contributed by atoms with Gasteiger partial charge in [0.1, 0.15) is 0 Å². The number of halogens is 1. The number of hydrogen-bond donors (Lipinski definition) is 3. The lowest BCUT2D eigenvalue weighted by atomic mass is 10.1. The highest BCUT2D eigenvalue weighted by atomic mass is 127. The second kappa shape index (κ2) is 13.5. The Morgan fingerprint density at radius 1 is 1.09 bits per heavy atom. The van der Waals surface area contributed by atoms with Gasteiger partial charge < -0.3 is 16.0 Å². The van der Waals surface area contributed by atoms with Gasteiger partial charge in [-0.3, -0.25) is 4.79 Å². The van der Waals surface area contributed by atoms with Crippen LogP contribution < -0.4 is 16.0 Å². The van der Waals surface area contributed by atoms with E-state index >= 15 is 0 Å². The van der Waals surface area contributed by atoms with Crippen molar-refractivity contribution in [2.75, 3.05) is 31.6 Å². The quantitative estimate of drug-likeness (QED) is 0.247.